The summed E-state index contributed by atoms with van der Waals surface area (Å²) in [6, 6.07) is 9.02. The molecule has 0 unspecified atom stereocenters. The lowest BCUT2D eigenvalue weighted by Gasteiger charge is -2.09. The van der Waals surface area contributed by atoms with Gasteiger partial charge >= 0.3 is 6.18 Å². The van der Waals surface area contributed by atoms with Crippen LogP contribution in [0, 0.1) is 6.92 Å². The zero-order valence-corrected chi connectivity index (χ0v) is 15.1. The first-order valence-electron chi connectivity index (χ1n) is 8.50. The molecule has 0 atom stereocenters. The van der Waals surface area contributed by atoms with E-state index in [0.29, 0.717) is 17.1 Å². The summed E-state index contributed by atoms with van der Waals surface area (Å²) in [5, 5.41) is 1.58. The number of benzene rings is 2. The predicted octanol–water partition coefficient (Wildman–Crippen LogP) is 6.10. The number of nitrogens with two attached hydrogens (primary N) is 1. The normalized spacial score (nSPS) is 12.1. The van der Waals surface area contributed by atoms with Gasteiger partial charge in [0.1, 0.15) is 0 Å². The summed E-state index contributed by atoms with van der Waals surface area (Å²) < 4.78 is 38.5. The molecular formula is C20H20ClF3N2. The third-order valence-corrected chi connectivity index (χ3v) is 4.91. The van der Waals surface area contributed by atoms with E-state index in [1.54, 1.807) is 0 Å². The molecule has 138 valence electrons. The molecule has 1 heterocycles. The first kappa shape index (κ1) is 18.8. The van der Waals surface area contributed by atoms with Crippen LogP contribution < -0.4 is 5.73 Å². The molecule has 3 rings (SSSR count). The van der Waals surface area contributed by atoms with Gasteiger partial charge in [-0.25, -0.2) is 0 Å². The number of alkyl halides is 3. The Morgan fingerprint density at radius 1 is 1.04 bits per heavy atom. The van der Waals surface area contributed by atoms with Crippen LogP contribution in [0.4, 0.5) is 13.2 Å². The van der Waals surface area contributed by atoms with Gasteiger partial charge in [0.2, 0.25) is 0 Å². The molecule has 0 amide bonds. The Labute approximate surface area is 155 Å². The van der Waals surface area contributed by atoms with Gasteiger partial charge in [0.25, 0.3) is 0 Å². The van der Waals surface area contributed by atoms with Crippen LogP contribution in [0.1, 0.15) is 29.5 Å². The smallest absolute Gasteiger partial charge is 0.354 e. The average Bonchev–Trinajstić information content (AvgIpc) is 2.99. The Balaban J connectivity index is 2.13. The highest BCUT2D eigenvalue weighted by molar-refractivity contribution is 6.36. The molecule has 0 fully saturated rings. The molecule has 3 N–H and O–H groups in total. The first-order valence-corrected chi connectivity index (χ1v) is 8.88. The quantitative estimate of drug-likeness (QED) is 0.516. The van der Waals surface area contributed by atoms with Gasteiger partial charge in [-0.15, -0.1) is 0 Å². The summed E-state index contributed by atoms with van der Waals surface area (Å²) in [5.41, 5.74) is 9.48. The lowest BCUT2D eigenvalue weighted by atomic mass is 9.99. The van der Waals surface area contributed by atoms with Gasteiger partial charge in [-0.3, -0.25) is 0 Å². The highest BCUT2D eigenvalue weighted by Gasteiger charge is 2.30. The van der Waals surface area contributed by atoms with Gasteiger partial charge in [-0.1, -0.05) is 29.8 Å². The largest absolute Gasteiger partial charge is 0.416 e. The zero-order valence-electron chi connectivity index (χ0n) is 14.4. The van der Waals surface area contributed by atoms with Crippen LogP contribution in [0.2, 0.25) is 5.02 Å². The van der Waals surface area contributed by atoms with Crippen molar-refractivity contribution in [2.45, 2.75) is 32.4 Å². The monoisotopic (exact) mass is 380 g/mol. The highest BCUT2D eigenvalue weighted by atomic mass is 35.5. The SMILES string of the molecule is Cc1ccc(Cl)c2c(CCCCN)c(-c3ccc(C(F)(F)F)cc3)[nH]c12. The van der Waals surface area contributed by atoms with Gasteiger partial charge in [-0.2, -0.15) is 13.2 Å². The van der Waals surface area contributed by atoms with Gasteiger partial charge in [0.15, 0.2) is 0 Å². The standard InChI is InChI=1S/C20H20ClF3N2/c1-12-5-10-16(21)17-15(4-2-3-11-25)19(26-18(12)17)13-6-8-14(9-7-13)20(22,23)24/h5-10,26H,2-4,11,25H2,1H3. The molecule has 0 aliphatic rings. The van der Waals surface area contributed by atoms with E-state index in [0.717, 1.165) is 59.1 Å². The number of fused-ring (bicyclic) bond motifs is 1. The van der Waals surface area contributed by atoms with Crippen molar-refractivity contribution < 1.29 is 13.2 Å². The van der Waals surface area contributed by atoms with Crippen LogP contribution in [0.3, 0.4) is 0 Å². The fourth-order valence-electron chi connectivity index (χ4n) is 3.23. The molecule has 0 saturated carbocycles. The number of rotatable bonds is 5. The fourth-order valence-corrected chi connectivity index (χ4v) is 3.50. The second kappa shape index (κ2) is 7.33. The second-order valence-corrected chi connectivity index (χ2v) is 6.82. The minimum atomic E-state index is -4.34. The Bertz CT molecular complexity index is 911. The summed E-state index contributed by atoms with van der Waals surface area (Å²) in [5.74, 6) is 0. The molecule has 3 aromatic rings. The maximum Gasteiger partial charge on any atom is 0.416 e. The molecule has 2 nitrogen and oxygen atoms in total. The van der Waals surface area contributed by atoms with Crippen LogP contribution in [-0.4, -0.2) is 11.5 Å². The minimum absolute atomic E-state index is 0.602. The number of hydrogen-bond acceptors (Lipinski definition) is 1. The Kier molecular flexibility index (Phi) is 5.30. The number of hydrogen-bond donors (Lipinski definition) is 2. The lowest BCUT2D eigenvalue weighted by Crippen LogP contribution is -2.04. The molecule has 26 heavy (non-hydrogen) atoms. The van der Waals surface area contributed by atoms with E-state index in [2.05, 4.69) is 4.98 Å². The van der Waals surface area contributed by atoms with Gasteiger partial charge in [0, 0.05) is 11.1 Å². The van der Waals surface area contributed by atoms with E-state index in [-0.39, 0.29) is 0 Å². The minimum Gasteiger partial charge on any atom is -0.354 e. The maximum atomic E-state index is 12.8. The van der Waals surface area contributed by atoms with E-state index < -0.39 is 11.7 Å². The molecule has 0 radical (unpaired) electrons. The highest BCUT2D eigenvalue weighted by Crippen LogP contribution is 2.38. The van der Waals surface area contributed by atoms with E-state index in [9.17, 15) is 13.2 Å². The van der Waals surface area contributed by atoms with Crippen molar-refractivity contribution in [2.24, 2.45) is 5.73 Å². The van der Waals surface area contributed by atoms with Gasteiger partial charge < -0.3 is 10.7 Å². The van der Waals surface area contributed by atoms with Crippen LogP contribution in [0.5, 0.6) is 0 Å². The Morgan fingerprint density at radius 3 is 2.35 bits per heavy atom. The zero-order chi connectivity index (χ0) is 18.9. The number of H-pyrrole nitrogens is 1. The predicted molar refractivity (Wildman–Crippen MR) is 100 cm³/mol. The molecule has 0 bridgehead atoms. The molecule has 6 heteroatoms. The van der Waals surface area contributed by atoms with Crippen molar-refractivity contribution in [1.82, 2.24) is 4.98 Å². The average molecular weight is 381 g/mol. The van der Waals surface area contributed by atoms with Crippen molar-refractivity contribution >= 4 is 22.5 Å². The van der Waals surface area contributed by atoms with Crippen molar-refractivity contribution in [3.8, 4) is 11.3 Å². The van der Waals surface area contributed by atoms with Crippen molar-refractivity contribution in [1.29, 1.82) is 0 Å². The number of nitrogens with one attached hydrogen (secondary N) is 1. The third-order valence-electron chi connectivity index (χ3n) is 4.60. The summed E-state index contributed by atoms with van der Waals surface area (Å²) in [6.45, 7) is 2.58. The van der Waals surface area contributed by atoms with Gasteiger partial charge in [0.05, 0.1) is 16.1 Å². The molecule has 0 aliphatic carbocycles. The number of halogens is 4. The fraction of sp³-hybridized carbons (Fsp3) is 0.300. The summed E-state index contributed by atoms with van der Waals surface area (Å²) in [4.78, 5) is 3.38. The van der Waals surface area contributed by atoms with Crippen LogP contribution in [-0.2, 0) is 12.6 Å². The van der Waals surface area contributed by atoms with Crippen molar-refractivity contribution in [3.05, 3.63) is 58.1 Å². The molecule has 0 spiro atoms. The van der Waals surface area contributed by atoms with E-state index in [1.807, 2.05) is 19.1 Å². The van der Waals surface area contributed by atoms with Crippen molar-refractivity contribution in [2.75, 3.05) is 6.54 Å². The second-order valence-electron chi connectivity index (χ2n) is 6.41. The molecule has 2 aromatic carbocycles. The Hall–Kier alpha value is -1.98. The van der Waals surface area contributed by atoms with E-state index >= 15 is 0 Å². The topological polar surface area (TPSA) is 41.8 Å². The van der Waals surface area contributed by atoms with Crippen molar-refractivity contribution in [3.63, 3.8) is 0 Å². The summed E-state index contributed by atoms with van der Waals surface area (Å²) >= 11 is 6.44. The number of aromatic amines is 1. The summed E-state index contributed by atoms with van der Waals surface area (Å²) in [6.07, 6.45) is -1.82. The first-order chi connectivity index (χ1) is 12.3. The number of aryl methyl sites for hydroxylation is 2. The lowest BCUT2D eigenvalue weighted by molar-refractivity contribution is -0.137. The molecule has 0 saturated heterocycles. The van der Waals surface area contributed by atoms with Crippen LogP contribution in [0.25, 0.3) is 22.2 Å². The van der Waals surface area contributed by atoms with Crippen LogP contribution in [0.15, 0.2) is 36.4 Å². The molecule has 0 aliphatic heterocycles. The summed E-state index contributed by atoms with van der Waals surface area (Å²) in [7, 11) is 0. The molecule has 1 aromatic heterocycles. The Morgan fingerprint density at radius 2 is 1.73 bits per heavy atom. The van der Waals surface area contributed by atoms with E-state index in [4.69, 9.17) is 17.3 Å². The number of unbranched alkanes of at least 4 members (excludes halogenated alkanes) is 1. The van der Waals surface area contributed by atoms with E-state index in [1.165, 1.54) is 12.1 Å². The maximum absolute atomic E-state index is 12.8. The third kappa shape index (κ3) is 3.60. The number of aromatic nitrogens is 1. The van der Waals surface area contributed by atoms with Gasteiger partial charge in [-0.05, 0) is 67.6 Å². The van der Waals surface area contributed by atoms with Crippen LogP contribution >= 0.6 is 11.6 Å². The molecular weight excluding hydrogens is 361 g/mol.